The second-order valence-electron chi connectivity index (χ2n) is 3.95. The van der Waals surface area contributed by atoms with Crippen molar-refractivity contribution in [1.29, 1.82) is 0 Å². The number of halogens is 2. The zero-order valence-electron chi connectivity index (χ0n) is 10.4. The van der Waals surface area contributed by atoms with E-state index in [0.29, 0.717) is 10.7 Å². The number of nitrogens with zero attached hydrogens (tertiary/aromatic N) is 2. The first-order valence-electron chi connectivity index (χ1n) is 5.67. The van der Waals surface area contributed by atoms with E-state index in [1.807, 2.05) is 0 Å². The van der Waals surface area contributed by atoms with E-state index in [-0.39, 0.29) is 10.6 Å². The molecule has 0 fully saturated rings. The van der Waals surface area contributed by atoms with Gasteiger partial charge in [-0.3, -0.25) is 15.5 Å². The third-order valence-corrected chi connectivity index (χ3v) is 3.07. The number of nitrogens with one attached hydrogen (secondary N) is 1. The number of para-hydroxylation sites is 1. The van der Waals surface area contributed by atoms with Gasteiger partial charge in [-0.15, -0.1) is 0 Å². The Balaban J connectivity index is 2.26. The van der Waals surface area contributed by atoms with Gasteiger partial charge in [-0.25, -0.2) is 0 Å². The Morgan fingerprint density at radius 1 is 1.24 bits per heavy atom. The third-order valence-electron chi connectivity index (χ3n) is 2.52. The zero-order chi connectivity index (χ0) is 15.4. The van der Waals surface area contributed by atoms with Gasteiger partial charge in [-0.1, -0.05) is 35.3 Å². The summed E-state index contributed by atoms with van der Waals surface area (Å²) >= 11 is 11.7. The maximum Gasteiger partial charge on any atom is 0.263 e. The third kappa shape index (κ3) is 3.62. The second kappa shape index (κ2) is 6.43. The molecule has 0 aliphatic rings. The van der Waals surface area contributed by atoms with E-state index in [0.717, 1.165) is 12.3 Å². The van der Waals surface area contributed by atoms with Crippen molar-refractivity contribution in [1.82, 2.24) is 0 Å². The Kier molecular flexibility index (Phi) is 4.62. The fourth-order valence-corrected chi connectivity index (χ4v) is 1.95. The first-order valence-corrected chi connectivity index (χ1v) is 6.43. The Hall–Kier alpha value is -2.31. The quantitative estimate of drug-likeness (QED) is 0.530. The van der Waals surface area contributed by atoms with Crippen LogP contribution in [0.4, 0.5) is 11.4 Å². The van der Waals surface area contributed by atoms with Crippen molar-refractivity contribution in [2.45, 2.75) is 0 Å². The molecule has 0 aliphatic heterocycles. The van der Waals surface area contributed by atoms with Crippen LogP contribution in [0.1, 0.15) is 5.56 Å². The predicted molar refractivity (Wildman–Crippen MR) is 80.2 cm³/mol. The van der Waals surface area contributed by atoms with Crippen LogP contribution in [0.25, 0.3) is 0 Å². The molecule has 2 aromatic carbocycles. The number of nitro benzene ring substituents is 1. The number of hydrogen-bond donors (Lipinski definition) is 1. The van der Waals surface area contributed by atoms with Gasteiger partial charge < -0.3 is 5.11 Å². The lowest BCUT2D eigenvalue weighted by molar-refractivity contribution is -0.398. The number of benzene rings is 2. The predicted octanol–water partition coefficient (Wildman–Crippen LogP) is 3.42. The van der Waals surface area contributed by atoms with Crippen molar-refractivity contribution in [3.05, 3.63) is 62.1 Å². The minimum absolute atomic E-state index is 0.00811. The van der Waals surface area contributed by atoms with Crippen molar-refractivity contribution in [3.63, 3.8) is 0 Å². The fourth-order valence-electron chi connectivity index (χ4n) is 1.55. The van der Waals surface area contributed by atoms with Gasteiger partial charge in [0.1, 0.15) is 0 Å². The molecule has 0 unspecified atom stereocenters. The summed E-state index contributed by atoms with van der Waals surface area (Å²) < 4.78 is 0. The van der Waals surface area contributed by atoms with Crippen molar-refractivity contribution in [3.8, 4) is 5.75 Å². The van der Waals surface area contributed by atoms with Crippen LogP contribution < -0.4 is 10.5 Å². The molecule has 0 aromatic heterocycles. The standard InChI is InChI=1S/C13H9Cl2N3O3/c14-9-5-8(13(19)12(6-9)18(20)21)7-16-17-11-4-2-1-3-10(11)15/h1-7,17,19H/p-1/b16-7-. The summed E-state index contributed by atoms with van der Waals surface area (Å²) in [7, 11) is 0. The van der Waals surface area contributed by atoms with Gasteiger partial charge in [0, 0.05) is 11.1 Å². The molecular formula is C13H8Cl2N3O3-. The summed E-state index contributed by atoms with van der Waals surface area (Å²) in [6, 6.07) is 9.18. The van der Waals surface area contributed by atoms with Gasteiger partial charge in [-0.2, -0.15) is 5.10 Å². The Labute approximate surface area is 129 Å². The van der Waals surface area contributed by atoms with Gasteiger partial charge in [0.05, 0.1) is 21.8 Å². The Morgan fingerprint density at radius 2 is 1.95 bits per heavy atom. The molecule has 0 bridgehead atoms. The van der Waals surface area contributed by atoms with Crippen LogP contribution in [0.3, 0.4) is 0 Å². The first-order chi connectivity index (χ1) is 9.99. The highest BCUT2D eigenvalue weighted by Crippen LogP contribution is 2.30. The molecule has 0 saturated heterocycles. The smallest absolute Gasteiger partial charge is 0.263 e. The SMILES string of the molecule is O=[N+]([O-])c1cc(Cl)cc(/C=N\Nc2ccccc2Cl)c1[O-]. The van der Waals surface area contributed by atoms with Gasteiger partial charge in [0.25, 0.3) is 5.69 Å². The molecule has 2 rings (SSSR count). The molecular weight excluding hydrogens is 317 g/mol. The summed E-state index contributed by atoms with van der Waals surface area (Å²) in [4.78, 5) is 9.95. The lowest BCUT2D eigenvalue weighted by atomic mass is 10.2. The van der Waals surface area contributed by atoms with Crippen LogP contribution in [-0.4, -0.2) is 11.1 Å². The zero-order valence-corrected chi connectivity index (χ0v) is 11.9. The molecule has 0 spiro atoms. The Bertz CT molecular complexity index is 720. The average Bonchev–Trinajstić information content (AvgIpc) is 2.44. The first kappa shape index (κ1) is 15.1. The maximum absolute atomic E-state index is 11.8. The van der Waals surface area contributed by atoms with Gasteiger partial charge in [0.15, 0.2) is 0 Å². The molecule has 0 atom stereocenters. The lowest BCUT2D eigenvalue weighted by Gasteiger charge is -2.11. The van der Waals surface area contributed by atoms with Crippen LogP contribution in [0.2, 0.25) is 10.0 Å². The molecule has 108 valence electrons. The summed E-state index contributed by atoms with van der Waals surface area (Å²) in [5, 5.41) is 26.9. The number of rotatable bonds is 4. The van der Waals surface area contributed by atoms with E-state index in [4.69, 9.17) is 23.2 Å². The molecule has 8 heteroatoms. The highest BCUT2D eigenvalue weighted by atomic mass is 35.5. The Morgan fingerprint density at radius 3 is 2.62 bits per heavy atom. The largest absolute Gasteiger partial charge is 0.867 e. The molecule has 2 aromatic rings. The van der Waals surface area contributed by atoms with E-state index in [1.54, 1.807) is 24.3 Å². The van der Waals surface area contributed by atoms with Crippen LogP contribution in [0.15, 0.2) is 41.5 Å². The van der Waals surface area contributed by atoms with Gasteiger partial charge in [0.2, 0.25) is 0 Å². The monoisotopic (exact) mass is 324 g/mol. The van der Waals surface area contributed by atoms with E-state index >= 15 is 0 Å². The number of hydrazone groups is 1. The van der Waals surface area contributed by atoms with Crippen LogP contribution in [0, 0.1) is 10.1 Å². The highest BCUT2D eigenvalue weighted by molar-refractivity contribution is 6.33. The minimum atomic E-state index is -0.785. The molecule has 0 radical (unpaired) electrons. The normalized spacial score (nSPS) is 10.8. The van der Waals surface area contributed by atoms with Crippen molar-refractivity contribution >= 4 is 40.8 Å². The lowest BCUT2D eigenvalue weighted by Crippen LogP contribution is -2.03. The van der Waals surface area contributed by atoms with Crippen molar-refractivity contribution in [2.24, 2.45) is 5.10 Å². The van der Waals surface area contributed by atoms with Crippen LogP contribution in [0.5, 0.6) is 5.75 Å². The molecule has 0 heterocycles. The van der Waals surface area contributed by atoms with Crippen LogP contribution in [-0.2, 0) is 0 Å². The molecule has 21 heavy (non-hydrogen) atoms. The van der Waals surface area contributed by atoms with Crippen molar-refractivity contribution in [2.75, 3.05) is 5.43 Å². The minimum Gasteiger partial charge on any atom is -0.867 e. The topological polar surface area (TPSA) is 90.6 Å². The van der Waals surface area contributed by atoms with E-state index in [1.165, 1.54) is 6.07 Å². The second-order valence-corrected chi connectivity index (χ2v) is 4.79. The van der Waals surface area contributed by atoms with Gasteiger partial charge >= 0.3 is 0 Å². The van der Waals surface area contributed by atoms with Gasteiger partial charge in [-0.05, 0) is 29.5 Å². The number of anilines is 1. The highest BCUT2D eigenvalue weighted by Gasteiger charge is 2.11. The number of hydrogen-bond acceptors (Lipinski definition) is 5. The molecule has 1 N–H and O–H groups in total. The maximum atomic E-state index is 11.8. The van der Waals surface area contributed by atoms with E-state index < -0.39 is 16.4 Å². The summed E-state index contributed by atoms with van der Waals surface area (Å²) in [5.41, 5.74) is 2.60. The summed E-state index contributed by atoms with van der Waals surface area (Å²) in [6.45, 7) is 0. The van der Waals surface area contributed by atoms with Crippen molar-refractivity contribution < 1.29 is 10.0 Å². The average molecular weight is 325 g/mol. The van der Waals surface area contributed by atoms with Crippen LogP contribution >= 0.6 is 23.2 Å². The molecule has 0 amide bonds. The summed E-state index contributed by atoms with van der Waals surface area (Å²) in [6.07, 6.45) is 1.16. The molecule has 6 nitrogen and oxygen atoms in total. The number of nitro groups is 1. The molecule has 0 aliphatic carbocycles. The van der Waals surface area contributed by atoms with E-state index in [9.17, 15) is 15.2 Å². The fraction of sp³-hybridized carbons (Fsp3) is 0. The molecule has 0 saturated carbocycles. The van der Waals surface area contributed by atoms with E-state index in [2.05, 4.69) is 10.5 Å². The summed E-state index contributed by atoms with van der Waals surface area (Å²) in [5.74, 6) is -0.755.